The second-order valence-electron chi connectivity index (χ2n) is 6.40. The second-order valence-corrected chi connectivity index (χ2v) is 6.40. The Morgan fingerprint density at radius 3 is 2.68 bits per heavy atom. The van der Waals surface area contributed by atoms with Crippen LogP contribution in [0.2, 0.25) is 0 Å². The molecule has 112 valence electrons. The van der Waals surface area contributed by atoms with Gasteiger partial charge in [-0.2, -0.15) is 5.10 Å². The highest BCUT2D eigenvalue weighted by atomic mass is 16.2. The van der Waals surface area contributed by atoms with E-state index in [1.54, 1.807) is 4.90 Å². The smallest absolute Gasteiger partial charge is 0.236 e. The molecule has 0 fully saturated rings. The van der Waals surface area contributed by atoms with Crippen LogP contribution in [-0.4, -0.2) is 33.1 Å². The predicted octanol–water partition coefficient (Wildman–Crippen LogP) is 2.52. The molecule has 6 heteroatoms. The van der Waals surface area contributed by atoms with Crippen LogP contribution in [0.25, 0.3) is 22.6 Å². The van der Waals surface area contributed by atoms with Crippen LogP contribution in [-0.2, 0) is 10.2 Å². The minimum atomic E-state index is -0.507. The normalized spacial score (nSPS) is 16.5. The topological polar surface area (TPSA) is 77.7 Å². The molecule has 1 aliphatic heterocycles. The van der Waals surface area contributed by atoms with E-state index in [1.807, 2.05) is 46.0 Å². The van der Waals surface area contributed by atoms with E-state index in [0.29, 0.717) is 0 Å². The Morgan fingerprint density at radius 1 is 1.23 bits per heavy atom. The number of amides is 1. The number of benzene rings is 1. The van der Waals surface area contributed by atoms with E-state index < -0.39 is 5.41 Å². The van der Waals surface area contributed by atoms with Crippen molar-refractivity contribution >= 4 is 22.6 Å². The van der Waals surface area contributed by atoms with Gasteiger partial charge in [0.05, 0.1) is 16.4 Å². The average Bonchev–Trinajstić information content (AvgIpc) is 3.12. The molecule has 6 nitrogen and oxygen atoms in total. The highest BCUT2D eigenvalue weighted by Crippen LogP contribution is 2.42. The molecule has 1 aliphatic rings. The lowest BCUT2D eigenvalue weighted by Crippen LogP contribution is -2.33. The third-order valence-corrected chi connectivity index (χ3v) is 4.42. The summed E-state index contributed by atoms with van der Waals surface area (Å²) in [5, 5.41) is 7.15. The molecular weight excluding hydrogens is 278 g/mol. The molecule has 0 saturated heterocycles. The van der Waals surface area contributed by atoms with Crippen molar-refractivity contribution in [2.75, 3.05) is 11.9 Å². The molecule has 22 heavy (non-hydrogen) atoms. The van der Waals surface area contributed by atoms with Crippen molar-refractivity contribution in [1.82, 2.24) is 20.2 Å². The van der Waals surface area contributed by atoms with E-state index >= 15 is 0 Å². The first kappa shape index (κ1) is 13.1. The van der Waals surface area contributed by atoms with Gasteiger partial charge in [-0.05, 0) is 44.5 Å². The van der Waals surface area contributed by atoms with E-state index in [-0.39, 0.29) is 5.91 Å². The number of anilines is 1. The van der Waals surface area contributed by atoms with Crippen LogP contribution >= 0.6 is 0 Å². The number of carbonyl (C=O) groups is 1. The Kier molecular flexibility index (Phi) is 2.36. The van der Waals surface area contributed by atoms with Crippen LogP contribution in [0.5, 0.6) is 0 Å². The number of rotatable bonds is 1. The van der Waals surface area contributed by atoms with E-state index in [9.17, 15) is 4.79 Å². The van der Waals surface area contributed by atoms with Gasteiger partial charge in [0.15, 0.2) is 5.82 Å². The monoisotopic (exact) mass is 295 g/mol. The molecule has 0 unspecified atom stereocenters. The van der Waals surface area contributed by atoms with Crippen LogP contribution in [0.1, 0.15) is 25.1 Å². The summed E-state index contributed by atoms with van der Waals surface area (Å²) in [6, 6.07) is 5.95. The number of carbonyl (C=O) groups excluding carboxylic acids is 1. The summed E-state index contributed by atoms with van der Waals surface area (Å²) in [6.45, 7) is 5.87. The lowest BCUT2D eigenvalue weighted by Gasteiger charge is -2.16. The SMILES string of the molecule is Cc1cc(-c2nc3cc4c(cc3[nH]2)C(C)(C)C(=O)N4C)n[nH]1. The lowest BCUT2D eigenvalue weighted by atomic mass is 9.86. The number of imidazole rings is 1. The fraction of sp³-hybridized carbons (Fsp3) is 0.312. The third-order valence-electron chi connectivity index (χ3n) is 4.42. The second kappa shape index (κ2) is 3.97. The number of aromatic amines is 2. The van der Waals surface area contributed by atoms with Gasteiger partial charge in [0.2, 0.25) is 5.91 Å². The first-order valence-corrected chi connectivity index (χ1v) is 7.23. The molecule has 3 aromatic rings. The number of likely N-dealkylation sites (N-methyl/N-ethyl adjacent to an activating group) is 1. The molecule has 1 aromatic carbocycles. The van der Waals surface area contributed by atoms with Crippen molar-refractivity contribution in [3.8, 4) is 11.5 Å². The van der Waals surface area contributed by atoms with Gasteiger partial charge < -0.3 is 9.88 Å². The van der Waals surface area contributed by atoms with Gasteiger partial charge >= 0.3 is 0 Å². The van der Waals surface area contributed by atoms with Gasteiger partial charge in [-0.25, -0.2) is 4.98 Å². The van der Waals surface area contributed by atoms with E-state index in [4.69, 9.17) is 0 Å². The van der Waals surface area contributed by atoms with E-state index in [0.717, 1.165) is 39.5 Å². The summed E-state index contributed by atoms with van der Waals surface area (Å²) >= 11 is 0. The van der Waals surface area contributed by atoms with Gasteiger partial charge in [0.25, 0.3) is 0 Å². The van der Waals surface area contributed by atoms with Gasteiger partial charge in [-0.1, -0.05) is 0 Å². The lowest BCUT2D eigenvalue weighted by molar-refractivity contribution is -0.121. The Labute approximate surface area is 127 Å². The number of aromatic nitrogens is 4. The number of hydrogen-bond acceptors (Lipinski definition) is 3. The predicted molar refractivity (Wildman–Crippen MR) is 84.8 cm³/mol. The van der Waals surface area contributed by atoms with Gasteiger partial charge in [-0.3, -0.25) is 9.89 Å². The summed E-state index contributed by atoms with van der Waals surface area (Å²) in [5.74, 6) is 0.841. The Balaban J connectivity index is 1.92. The van der Waals surface area contributed by atoms with Crippen molar-refractivity contribution < 1.29 is 4.79 Å². The van der Waals surface area contributed by atoms with E-state index in [1.165, 1.54) is 0 Å². The zero-order valence-electron chi connectivity index (χ0n) is 13.0. The van der Waals surface area contributed by atoms with Gasteiger partial charge in [0.1, 0.15) is 5.69 Å². The van der Waals surface area contributed by atoms with Crippen molar-refractivity contribution in [3.63, 3.8) is 0 Å². The molecule has 1 amide bonds. The Bertz CT molecular complexity index is 918. The molecule has 4 rings (SSSR count). The maximum atomic E-state index is 12.4. The van der Waals surface area contributed by atoms with Crippen LogP contribution in [0.4, 0.5) is 5.69 Å². The first-order chi connectivity index (χ1) is 10.4. The van der Waals surface area contributed by atoms with Crippen molar-refractivity contribution in [2.45, 2.75) is 26.2 Å². The summed E-state index contributed by atoms with van der Waals surface area (Å²) < 4.78 is 0. The number of hydrogen-bond donors (Lipinski definition) is 2. The van der Waals surface area contributed by atoms with Crippen molar-refractivity contribution in [1.29, 1.82) is 0 Å². The van der Waals surface area contributed by atoms with Gasteiger partial charge in [0, 0.05) is 18.4 Å². The Morgan fingerprint density at radius 2 is 2.00 bits per heavy atom. The summed E-state index contributed by atoms with van der Waals surface area (Å²) in [4.78, 5) is 22.0. The highest BCUT2D eigenvalue weighted by molar-refractivity contribution is 6.09. The molecule has 0 spiro atoms. The molecule has 0 aliphatic carbocycles. The summed E-state index contributed by atoms with van der Waals surface area (Å²) in [6.07, 6.45) is 0. The largest absolute Gasteiger partial charge is 0.337 e. The number of aryl methyl sites for hydroxylation is 1. The molecule has 0 radical (unpaired) electrons. The maximum Gasteiger partial charge on any atom is 0.236 e. The molecule has 2 aromatic heterocycles. The summed E-state index contributed by atoms with van der Waals surface area (Å²) in [5.41, 5.74) is 4.99. The molecule has 0 saturated carbocycles. The quantitative estimate of drug-likeness (QED) is 0.724. The van der Waals surface area contributed by atoms with Crippen LogP contribution < -0.4 is 4.90 Å². The zero-order valence-corrected chi connectivity index (χ0v) is 13.0. The molecule has 2 N–H and O–H groups in total. The van der Waals surface area contributed by atoms with Crippen LogP contribution in [0.15, 0.2) is 18.2 Å². The van der Waals surface area contributed by atoms with Gasteiger partial charge in [-0.15, -0.1) is 0 Å². The summed E-state index contributed by atoms with van der Waals surface area (Å²) in [7, 11) is 1.81. The number of nitrogens with one attached hydrogen (secondary N) is 2. The standard InChI is InChI=1S/C16H17N5O/c1-8-5-12(20-19-8)14-17-10-6-9-13(7-11(10)18-14)21(4)15(22)16(9,2)3/h5-7H,1-4H3,(H,17,18)(H,19,20). The minimum Gasteiger partial charge on any atom is -0.337 e. The number of nitrogens with zero attached hydrogens (tertiary/aromatic N) is 3. The molecule has 0 bridgehead atoms. The Hall–Kier alpha value is -2.63. The van der Waals surface area contributed by atoms with Crippen LogP contribution in [0, 0.1) is 6.92 Å². The first-order valence-electron chi connectivity index (χ1n) is 7.23. The fourth-order valence-electron chi connectivity index (χ4n) is 3.13. The zero-order chi connectivity index (χ0) is 15.6. The third kappa shape index (κ3) is 1.57. The number of H-pyrrole nitrogens is 2. The molecular formula is C16H17N5O. The van der Waals surface area contributed by atoms with E-state index in [2.05, 4.69) is 20.2 Å². The molecule has 3 heterocycles. The van der Waals surface area contributed by atoms with Crippen LogP contribution in [0.3, 0.4) is 0 Å². The average molecular weight is 295 g/mol. The number of fused-ring (bicyclic) bond motifs is 2. The minimum absolute atomic E-state index is 0.110. The van der Waals surface area contributed by atoms with Crippen molar-refractivity contribution in [2.24, 2.45) is 0 Å². The maximum absolute atomic E-state index is 12.4. The van der Waals surface area contributed by atoms with Crippen molar-refractivity contribution in [3.05, 3.63) is 29.5 Å². The fourth-order valence-corrected chi connectivity index (χ4v) is 3.13. The molecule has 0 atom stereocenters. The highest BCUT2D eigenvalue weighted by Gasteiger charge is 2.42.